The van der Waals surface area contributed by atoms with Crippen molar-refractivity contribution in [3.8, 4) is 11.3 Å². The highest BCUT2D eigenvalue weighted by Gasteiger charge is 2.24. The number of carbonyl (C=O) groups excluding carboxylic acids is 2. The second-order valence-corrected chi connectivity index (χ2v) is 9.81. The van der Waals surface area contributed by atoms with E-state index in [9.17, 15) is 9.59 Å². The average Bonchev–Trinajstić information content (AvgIpc) is 3.02. The summed E-state index contributed by atoms with van der Waals surface area (Å²) in [5, 5.41) is 6.64. The first-order valence-electron chi connectivity index (χ1n) is 12.2. The monoisotopic (exact) mass is 509 g/mol. The van der Waals surface area contributed by atoms with Crippen molar-refractivity contribution in [2.24, 2.45) is 0 Å². The van der Waals surface area contributed by atoms with E-state index in [-0.39, 0.29) is 18.2 Å². The van der Waals surface area contributed by atoms with Gasteiger partial charge in [0.1, 0.15) is 0 Å². The van der Waals surface area contributed by atoms with E-state index in [1.165, 1.54) is 11.1 Å². The topological polar surface area (TPSA) is 87.2 Å². The van der Waals surface area contributed by atoms with Gasteiger partial charge in [0.15, 0.2) is 0 Å². The van der Waals surface area contributed by atoms with Crippen LogP contribution in [0, 0.1) is 6.92 Å². The van der Waals surface area contributed by atoms with Crippen LogP contribution in [0.2, 0.25) is 5.02 Å². The fourth-order valence-electron chi connectivity index (χ4n) is 4.94. The fourth-order valence-corrected chi connectivity index (χ4v) is 5.11. The van der Waals surface area contributed by atoms with Crippen LogP contribution in [0.4, 0.5) is 23.0 Å². The number of rotatable bonds is 3. The Kier molecular flexibility index (Phi) is 5.85. The van der Waals surface area contributed by atoms with Gasteiger partial charge in [-0.1, -0.05) is 29.3 Å². The molecule has 37 heavy (non-hydrogen) atoms. The Morgan fingerprint density at radius 1 is 1.05 bits per heavy atom. The van der Waals surface area contributed by atoms with E-state index in [1.807, 2.05) is 41.3 Å². The SMILES string of the molecule is Cc1ccc2c(c1)CCCN2C(=O)c1ccc(Nc2ncc3c(n2)-c2ccc(Cl)cc2NC(=O)C3)cc1. The lowest BCUT2D eigenvalue weighted by Crippen LogP contribution is -2.35. The molecule has 0 saturated heterocycles. The number of nitrogens with zero attached hydrogens (tertiary/aromatic N) is 3. The van der Waals surface area contributed by atoms with Gasteiger partial charge in [0.2, 0.25) is 11.9 Å². The Morgan fingerprint density at radius 3 is 2.73 bits per heavy atom. The number of anilines is 4. The number of hydrogen-bond acceptors (Lipinski definition) is 5. The smallest absolute Gasteiger partial charge is 0.258 e. The number of fused-ring (bicyclic) bond motifs is 4. The van der Waals surface area contributed by atoms with Crippen molar-refractivity contribution in [2.45, 2.75) is 26.2 Å². The fraction of sp³-hybridized carbons (Fsp3) is 0.172. The largest absolute Gasteiger partial charge is 0.325 e. The summed E-state index contributed by atoms with van der Waals surface area (Å²) in [6.07, 6.45) is 3.79. The Hall–Kier alpha value is -4.23. The molecule has 2 amide bonds. The van der Waals surface area contributed by atoms with Gasteiger partial charge in [-0.25, -0.2) is 9.97 Å². The Balaban J connectivity index is 1.24. The van der Waals surface area contributed by atoms with Gasteiger partial charge in [-0.2, -0.15) is 0 Å². The number of hydrogen-bond donors (Lipinski definition) is 2. The van der Waals surface area contributed by atoms with Gasteiger partial charge >= 0.3 is 0 Å². The number of amides is 2. The third-order valence-electron chi connectivity index (χ3n) is 6.71. The molecule has 3 heterocycles. The molecule has 3 aromatic carbocycles. The molecule has 8 heteroatoms. The van der Waals surface area contributed by atoms with Crippen LogP contribution < -0.4 is 15.5 Å². The van der Waals surface area contributed by atoms with Crippen LogP contribution in [0.5, 0.6) is 0 Å². The van der Waals surface area contributed by atoms with Crippen LogP contribution in [-0.2, 0) is 17.6 Å². The molecular formula is C29H24ClN5O2. The Bertz CT molecular complexity index is 1550. The highest BCUT2D eigenvalue weighted by Crippen LogP contribution is 2.35. The maximum atomic E-state index is 13.3. The minimum Gasteiger partial charge on any atom is -0.325 e. The van der Waals surface area contributed by atoms with Crippen molar-refractivity contribution in [3.63, 3.8) is 0 Å². The van der Waals surface area contributed by atoms with Gasteiger partial charge in [-0.15, -0.1) is 0 Å². The second kappa shape index (κ2) is 9.33. The summed E-state index contributed by atoms with van der Waals surface area (Å²) < 4.78 is 0. The van der Waals surface area contributed by atoms with Crippen LogP contribution in [0.15, 0.2) is 66.9 Å². The first-order valence-corrected chi connectivity index (χ1v) is 12.6. The van der Waals surface area contributed by atoms with Gasteiger partial charge in [-0.3, -0.25) is 9.59 Å². The summed E-state index contributed by atoms with van der Waals surface area (Å²) in [5.41, 5.74) is 7.62. The van der Waals surface area contributed by atoms with Crippen LogP contribution in [0.25, 0.3) is 11.3 Å². The molecule has 0 spiro atoms. The van der Waals surface area contributed by atoms with E-state index >= 15 is 0 Å². The highest BCUT2D eigenvalue weighted by atomic mass is 35.5. The van der Waals surface area contributed by atoms with Gasteiger partial charge in [0, 0.05) is 45.8 Å². The first kappa shape index (κ1) is 23.2. The molecule has 2 aliphatic heterocycles. The minimum atomic E-state index is -0.140. The minimum absolute atomic E-state index is 0.00920. The summed E-state index contributed by atoms with van der Waals surface area (Å²) in [6.45, 7) is 2.79. The standard InChI is InChI=1S/C29H24ClN5O2/c1-17-4-11-25-19(13-17)3-2-12-35(25)28(37)18-5-8-22(9-6-18)32-29-31-16-20-14-26(36)33-24-15-21(30)7-10-23(24)27(20)34-29/h4-11,13,15-16H,2-3,12,14H2,1H3,(H,33,36)(H,31,32,34). The quantitative estimate of drug-likeness (QED) is 0.357. The molecule has 184 valence electrons. The first-order chi connectivity index (χ1) is 17.9. The molecule has 4 aromatic rings. The number of benzene rings is 3. The van der Waals surface area contributed by atoms with E-state index in [0.717, 1.165) is 35.3 Å². The number of nitrogens with one attached hydrogen (secondary N) is 2. The van der Waals surface area contributed by atoms with Crippen molar-refractivity contribution >= 4 is 46.4 Å². The van der Waals surface area contributed by atoms with Gasteiger partial charge < -0.3 is 15.5 Å². The van der Waals surface area contributed by atoms with Crippen LogP contribution >= 0.6 is 11.6 Å². The zero-order valence-electron chi connectivity index (χ0n) is 20.2. The van der Waals surface area contributed by atoms with Crippen LogP contribution in [0.3, 0.4) is 0 Å². The van der Waals surface area contributed by atoms with Gasteiger partial charge in [-0.05, 0) is 73.9 Å². The molecule has 0 atom stereocenters. The third-order valence-corrected chi connectivity index (χ3v) is 6.95. The molecule has 0 saturated carbocycles. The predicted molar refractivity (Wildman–Crippen MR) is 146 cm³/mol. The summed E-state index contributed by atoms with van der Waals surface area (Å²) in [5.74, 6) is 0.247. The van der Waals surface area contributed by atoms with Gasteiger partial charge in [0.25, 0.3) is 5.91 Å². The second-order valence-electron chi connectivity index (χ2n) is 9.38. The van der Waals surface area contributed by atoms with Crippen LogP contribution in [-0.4, -0.2) is 28.3 Å². The third kappa shape index (κ3) is 4.54. The van der Waals surface area contributed by atoms with E-state index in [4.69, 9.17) is 16.6 Å². The normalized spacial score (nSPS) is 14.1. The molecule has 2 aliphatic rings. The van der Waals surface area contributed by atoms with Crippen molar-refractivity contribution in [2.75, 3.05) is 22.1 Å². The van der Waals surface area contributed by atoms with Crippen molar-refractivity contribution in [3.05, 3.63) is 94.1 Å². The van der Waals surface area contributed by atoms with E-state index in [0.29, 0.717) is 34.5 Å². The molecule has 7 nitrogen and oxygen atoms in total. The highest BCUT2D eigenvalue weighted by molar-refractivity contribution is 6.31. The molecule has 1 aromatic heterocycles. The molecular weight excluding hydrogens is 486 g/mol. The number of aryl methyl sites for hydroxylation is 2. The lowest BCUT2D eigenvalue weighted by atomic mass is 9.99. The zero-order valence-corrected chi connectivity index (χ0v) is 21.0. The van der Waals surface area contributed by atoms with E-state index in [2.05, 4.69) is 34.7 Å². The molecule has 6 rings (SSSR count). The van der Waals surface area contributed by atoms with E-state index < -0.39 is 0 Å². The number of halogens is 1. The van der Waals surface area contributed by atoms with Crippen molar-refractivity contribution in [1.82, 2.24) is 9.97 Å². The van der Waals surface area contributed by atoms with Crippen molar-refractivity contribution < 1.29 is 9.59 Å². The lowest BCUT2D eigenvalue weighted by Gasteiger charge is -2.30. The maximum Gasteiger partial charge on any atom is 0.258 e. The Morgan fingerprint density at radius 2 is 1.89 bits per heavy atom. The molecule has 2 N–H and O–H groups in total. The average molecular weight is 510 g/mol. The lowest BCUT2D eigenvalue weighted by molar-refractivity contribution is -0.115. The van der Waals surface area contributed by atoms with Crippen molar-refractivity contribution in [1.29, 1.82) is 0 Å². The maximum absolute atomic E-state index is 13.3. The van der Waals surface area contributed by atoms with Crippen LogP contribution in [0.1, 0.15) is 33.5 Å². The number of aromatic nitrogens is 2. The summed E-state index contributed by atoms with van der Waals surface area (Å²) in [7, 11) is 0. The zero-order chi connectivity index (χ0) is 25.5. The summed E-state index contributed by atoms with van der Waals surface area (Å²) >= 11 is 6.14. The molecule has 0 bridgehead atoms. The van der Waals surface area contributed by atoms with E-state index in [1.54, 1.807) is 18.3 Å². The summed E-state index contributed by atoms with van der Waals surface area (Å²) in [4.78, 5) is 36.6. The molecule has 0 fully saturated rings. The molecule has 0 radical (unpaired) electrons. The molecule has 0 aliphatic carbocycles. The predicted octanol–water partition coefficient (Wildman–Crippen LogP) is 5.94. The van der Waals surface area contributed by atoms with Gasteiger partial charge in [0.05, 0.1) is 17.8 Å². The summed E-state index contributed by atoms with van der Waals surface area (Å²) in [6, 6.07) is 18.9. The molecule has 0 unspecified atom stereocenters. The number of carbonyl (C=O) groups is 2. The Labute approximate surface area is 219 Å².